The Balaban J connectivity index is 2.68. The lowest BCUT2D eigenvalue weighted by molar-refractivity contribution is -0.123. The summed E-state index contributed by atoms with van der Waals surface area (Å²) in [5, 5.41) is 0. The third-order valence-corrected chi connectivity index (χ3v) is 0.989. The Bertz CT molecular complexity index is 227. The summed E-state index contributed by atoms with van der Waals surface area (Å²) >= 11 is 0. The van der Waals surface area contributed by atoms with Gasteiger partial charge in [0.1, 0.15) is 0 Å². The number of rotatable bonds is 2. The summed E-state index contributed by atoms with van der Waals surface area (Å²) in [7, 11) is 0. The summed E-state index contributed by atoms with van der Waals surface area (Å²) in [4.78, 5) is 22.9. The smallest absolute Gasteiger partial charge is 0.347 e. The molecule has 0 bridgehead atoms. The molecule has 0 spiro atoms. The fourth-order valence-electron chi connectivity index (χ4n) is 0.563. The summed E-state index contributed by atoms with van der Waals surface area (Å²) in [5.74, 6) is -0.642. The van der Waals surface area contributed by atoms with E-state index in [0.29, 0.717) is 5.56 Å². The normalized spacial score (nSPS) is 8.80. The van der Waals surface area contributed by atoms with Crippen LogP contribution in [0.5, 0.6) is 0 Å². The van der Waals surface area contributed by atoms with E-state index in [4.69, 9.17) is 0 Å². The van der Waals surface area contributed by atoms with Crippen LogP contribution in [0.4, 0.5) is 0 Å². The number of carbonyl (C=O) groups excluding carboxylic acids is 2. The first kappa shape index (κ1) is 6.54. The van der Waals surface area contributed by atoms with Crippen molar-refractivity contribution in [1.29, 1.82) is 0 Å². The van der Waals surface area contributed by atoms with E-state index in [2.05, 4.69) is 9.72 Å². The molecular formula is C6H5NO3. The molecule has 52 valence electrons. The zero-order valence-corrected chi connectivity index (χ0v) is 5.03. The first-order chi connectivity index (χ1) is 4.84. The van der Waals surface area contributed by atoms with Gasteiger partial charge in [-0.1, -0.05) is 0 Å². The van der Waals surface area contributed by atoms with Crippen LogP contribution in [-0.2, 0) is 9.53 Å². The summed E-state index contributed by atoms with van der Waals surface area (Å²) in [6.07, 6.45) is 3.02. The Morgan fingerprint density at radius 3 is 3.00 bits per heavy atom. The Labute approximate surface area is 56.8 Å². The van der Waals surface area contributed by atoms with Crippen LogP contribution in [0.15, 0.2) is 18.5 Å². The van der Waals surface area contributed by atoms with Crippen LogP contribution in [0.1, 0.15) is 10.4 Å². The minimum Gasteiger partial charge on any atom is -0.392 e. The fourth-order valence-corrected chi connectivity index (χ4v) is 0.563. The molecule has 0 saturated carbocycles. The van der Waals surface area contributed by atoms with Crippen LogP contribution in [-0.4, -0.2) is 17.4 Å². The van der Waals surface area contributed by atoms with Crippen LogP contribution in [0.3, 0.4) is 0 Å². The monoisotopic (exact) mass is 139 g/mol. The first-order valence-corrected chi connectivity index (χ1v) is 2.62. The van der Waals surface area contributed by atoms with Gasteiger partial charge in [-0.15, -0.1) is 0 Å². The summed E-state index contributed by atoms with van der Waals surface area (Å²) in [6.45, 7) is 0.106. The van der Waals surface area contributed by atoms with Gasteiger partial charge in [0.05, 0.1) is 5.56 Å². The van der Waals surface area contributed by atoms with Gasteiger partial charge in [-0.05, 0) is 6.07 Å². The lowest BCUT2D eigenvalue weighted by Gasteiger charge is -1.88. The zero-order valence-electron chi connectivity index (χ0n) is 5.03. The molecule has 0 unspecified atom stereocenters. The topological polar surface area (TPSA) is 59.2 Å². The van der Waals surface area contributed by atoms with Gasteiger partial charge in [0.15, 0.2) is 0 Å². The number of esters is 1. The van der Waals surface area contributed by atoms with Gasteiger partial charge < -0.3 is 9.72 Å². The van der Waals surface area contributed by atoms with E-state index >= 15 is 0 Å². The van der Waals surface area contributed by atoms with Crippen molar-refractivity contribution < 1.29 is 14.3 Å². The molecule has 0 amide bonds. The lowest BCUT2D eigenvalue weighted by atomic mass is 10.3. The Hall–Kier alpha value is -1.58. The van der Waals surface area contributed by atoms with Gasteiger partial charge in [-0.2, -0.15) is 0 Å². The van der Waals surface area contributed by atoms with Crippen molar-refractivity contribution in [1.82, 2.24) is 4.98 Å². The second-order valence-corrected chi connectivity index (χ2v) is 1.60. The number of hydrogen-bond acceptors (Lipinski definition) is 3. The molecule has 1 rings (SSSR count). The molecule has 1 aromatic rings. The summed E-state index contributed by atoms with van der Waals surface area (Å²) in [6, 6.07) is 1.52. The van der Waals surface area contributed by atoms with E-state index in [-0.39, 0.29) is 6.47 Å². The van der Waals surface area contributed by atoms with E-state index in [1.807, 2.05) is 0 Å². The van der Waals surface area contributed by atoms with E-state index in [9.17, 15) is 9.59 Å². The maximum atomic E-state index is 10.6. The summed E-state index contributed by atoms with van der Waals surface area (Å²) < 4.78 is 4.05. The number of ether oxygens (including phenoxy) is 1. The zero-order chi connectivity index (χ0) is 7.40. The van der Waals surface area contributed by atoms with Crippen molar-refractivity contribution in [3.05, 3.63) is 24.0 Å². The highest BCUT2D eigenvalue weighted by Gasteiger charge is 2.04. The van der Waals surface area contributed by atoms with Crippen LogP contribution in [0, 0.1) is 0 Å². The molecule has 4 nitrogen and oxygen atoms in total. The SMILES string of the molecule is O=COC(=O)c1cc[nH]c1. The molecule has 0 aliphatic heterocycles. The lowest BCUT2D eigenvalue weighted by Crippen LogP contribution is -2.00. The number of carbonyl (C=O) groups is 2. The summed E-state index contributed by atoms with van der Waals surface area (Å²) in [5.41, 5.74) is 0.340. The van der Waals surface area contributed by atoms with E-state index < -0.39 is 5.97 Å². The minimum atomic E-state index is -0.642. The molecule has 1 heterocycles. The fraction of sp³-hybridized carbons (Fsp3) is 0. The molecule has 1 N–H and O–H groups in total. The molecule has 4 heteroatoms. The standard InChI is InChI=1S/C6H5NO3/c8-4-10-6(9)5-1-2-7-3-5/h1-4,7H. The minimum absolute atomic E-state index is 0.106. The van der Waals surface area contributed by atoms with Crippen LogP contribution >= 0.6 is 0 Å². The Kier molecular flexibility index (Phi) is 1.84. The third kappa shape index (κ3) is 1.22. The van der Waals surface area contributed by atoms with Crippen molar-refractivity contribution in [3.63, 3.8) is 0 Å². The maximum absolute atomic E-state index is 10.6. The van der Waals surface area contributed by atoms with Crippen molar-refractivity contribution in [3.8, 4) is 0 Å². The maximum Gasteiger partial charge on any atom is 0.347 e. The highest BCUT2D eigenvalue weighted by Crippen LogP contribution is 1.97. The van der Waals surface area contributed by atoms with Gasteiger partial charge in [-0.25, -0.2) is 4.79 Å². The molecule has 0 radical (unpaired) electrons. The molecule has 0 aliphatic rings. The van der Waals surface area contributed by atoms with Gasteiger partial charge in [-0.3, -0.25) is 4.79 Å². The van der Waals surface area contributed by atoms with E-state index in [1.54, 1.807) is 6.20 Å². The predicted octanol–water partition coefficient (Wildman–Crippen LogP) is 0.328. The van der Waals surface area contributed by atoms with Crippen molar-refractivity contribution in [2.75, 3.05) is 0 Å². The molecule has 0 aromatic carbocycles. The highest BCUT2D eigenvalue weighted by molar-refractivity contribution is 5.92. The molecule has 0 aliphatic carbocycles. The molecular weight excluding hydrogens is 134 g/mol. The highest BCUT2D eigenvalue weighted by atomic mass is 16.6. The van der Waals surface area contributed by atoms with Crippen molar-refractivity contribution in [2.24, 2.45) is 0 Å². The van der Waals surface area contributed by atoms with Gasteiger partial charge in [0.2, 0.25) is 0 Å². The quantitative estimate of drug-likeness (QED) is 0.365. The second kappa shape index (κ2) is 2.82. The van der Waals surface area contributed by atoms with E-state index in [0.717, 1.165) is 0 Å². The van der Waals surface area contributed by atoms with E-state index in [1.165, 1.54) is 12.3 Å². The van der Waals surface area contributed by atoms with Gasteiger partial charge in [0, 0.05) is 12.4 Å². The number of aromatic nitrogens is 1. The van der Waals surface area contributed by atoms with Gasteiger partial charge in [0.25, 0.3) is 0 Å². The van der Waals surface area contributed by atoms with Crippen LogP contribution in [0.2, 0.25) is 0 Å². The number of nitrogens with one attached hydrogen (secondary N) is 1. The van der Waals surface area contributed by atoms with Crippen LogP contribution in [0.25, 0.3) is 0 Å². The molecule has 10 heavy (non-hydrogen) atoms. The largest absolute Gasteiger partial charge is 0.392 e. The molecule has 0 saturated heterocycles. The Morgan fingerprint density at radius 2 is 2.50 bits per heavy atom. The van der Waals surface area contributed by atoms with Crippen molar-refractivity contribution >= 4 is 12.4 Å². The molecule has 0 fully saturated rings. The van der Waals surface area contributed by atoms with Crippen molar-refractivity contribution in [2.45, 2.75) is 0 Å². The number of aromatic amines is 1. The first-order valence-electron chi connectivity index (χ1n) is 2.62. The second-order valence-electron chi connectivity index (χ2n) is 1.60. The average Bonchev–Trinajstić information content (AvgIpc) is 2.38. The number of H-pyrrole nitrogens is 1. The Morgan fingerprint density at radius 1 is 1.70 bits per heavy atom. The predicted molar refractivity (Wildman–Crippen MR) is 32.3 cm³/mol. The number of hydrogen-bond donors (Lipinski definition) is 1. The average molecular weight is 139 g/mol. The van der Waals surface area contributed by atoms with Gasteiger partial charge >= 0.3 is 12.4 Å². The molecule has 1 aromatic heterocycles. The molecule has 0 atom stereocenters. The van der Waals surface area contributed by atoms with Crippen LogP contribution < -0.4 is 0 Å². The third-order valence-electron chi connectivity index (χ3n) is 0.989.